The molecule has 0 N–H and O–H groups in total. The summed E-state index contributed by atoms with van der Waals surface area (Å²) >= 11 is 0. The number of nitrogens with zero attached hydrogens (tertiary/aromatic N) is 2. The highest BCUT2D eigenvalue weighted by atomic mass is 16.2. The molecule has 0 fully saturated rings. The Kier molecular flexibility index (Phi) is 4.00. The Hall–Kier alpha value is -2.10. The Morgan fingerprint density at radius 2 is 2.00 bits per heavy atom. The van der Waals surface area contributed by atoms with Crippen LogP contribution < -0.4 is 0 Å². The molecule has 0 aliphatic heterocycles. The largest absolute Gasteiger partial charge is 0.342 e. The van der Waals surface area contributed by atoms with Gasteiger partial charge in [0.25, 0.3) is 0 Å². The molecule has 0 unspecified atom stereocenters. The standard InChI is InChI=1S/C15H18N2O2/c1-3-16(4-2)14(19)10-17-9-8-12-6-5-7-13(11-18)15(12)17/h5-9,11H,3-4,10H2,1-2H3. The summed E-state index contributed by atoms with van der Waals surface area (Å²) in [7, 11) is 0. The molecule has 0 aliphatic carbocycles. The second-order valence-corrected chi connectivity index (χ2v) is 4.41. The Bertz CT molecular complexity index is 597. The fraction of sp³-hybridized carbons (Fsp3) is 0.333. The molecule has 0 bridgehead atoms. The van der Waals surface area contributed by atoms with Gasteiger partial charge in [-0.05, 0) is 26.0 Å². The predicted octanol–water partition coefficient (Wildman–Crippen LogP) is 2.32. The molecule has 1 aromatic carbocycles. The van der Waals surface area contributed by atoms with Crippen molar-refractivity contribution < 1.29 is 9.59 Å². The van der Waals surface area contributed by atoms with Gasteiger partial charge in [-0.2, -0.15) is 0 Å². The van der Waals surface area contributed by atoms with E-state index in [1.165, 1.54) is 0 Å². The van der Waals surface area contributed by atoms with Crippen LogP contribution in [-0.4, -0.2) is 34.7 Å². The number of hydrogen-bond donors (Lipinski definition) is 0. The van der Waals surface area contributed by atoms with E-state index in [0.29, 0.717) is 18.7 Å². The van der Waals surface area contributed by atoms with E-state index in [2.05, 4.69) is 0 Å². The zero-order valence-electron chi connectivity index (χ0n) is 11.3. The van der Waals surface area contributed by atoms with Crippen molar-refractivity contribution in [1.82, 2.24) is 9.47 Å². The number of carbonyl (C=O) groups is 2. The molecule has 2 rings (SSSR count). The SMILES string of the molecule is CCN(CC)C(=O)Cn1ccc2cccc(C=O)c21. The minimum atomic E-state index is 0.0724. The molecule has 0 saturated heterocycles. The lowest BCUT2D eigenvalue weighted by Crippen LogP contribution is -2.33. The lowest BCUT2D eigenvalue weighted by Gasteiger charge is -2.19. The highest BCUT2D eigenvalue weighted by Gasteiger charge is 2.13. The van der Waals surface area contributed by atoms with E-state index >= 15 is 0 Å². The van der Waals surface area contributed by atoms with E-state index in [-0.39, 0.29) is 12.5 Å². The summed E-state index contributed by atoms with van der Waals surface area (Å²) in [6.07, 6.45) is 2.69. The molecule has 0 aliphatic rings. The van der Waals surface area contributed by atoms with Gasteiger partial charge in [-0.1, -0.05) is 12.1 Å². The van der Waals surface area contributed by atoms with Crippen molar-refractivity contribution in [2.24, 2.45) is 0 Å². The number of para-hydroxylation sites is 1. The van der Waals surface area contributed by atoms with E-state index in [1.807, 2.05) is 42.8 Å². The van der Waals surface area contributed by atoms with E-state index in [9.17, 15) is 9.59 Å². The van der Waals surface area contributed by atoms with Gasteiger partial charge >= 0.3 is 0 Å². The van der Waals surface area contributed by atoms with Crippen LogP contribution in [0, 0.1) is 0 Å². The van der Waals surface area contributed by atoms with Crippen LogP contribution in [-0.2, 0) is 11.3 Å². The van der Waals surface area contributed by atoms with Gasteiger partial charge in [0.15, 0.2) is 6.29 Å². The van der Waals surface area contributed by atoms with Crippen molar-refractivity contribution in [3.05, 3.63) is 36.0 Å². The summed E-state index contributed by atoms with van der Waals surface area (Å²) in [5, 5.41) is 0.983. The number of hydrogen-bond acceptors (Lipinski definition) is 2. The number of aldehydes is 1. The van der Waals surface area contributed by atoms with Gasteiger partial charge in [0.2, 0.25) is 5.91 Å². The number of benzene rings is 1. The maximum atomic E-state index is 12.1. The van der Waals surface area contributed by atoms with Gasteiger partial charge in [-0.3, -0.25) is 9.59 Å². The summed E-state index contributed by atoms with van der Waals surface area (Å²) in [6, 6.07) is 7.49. The smallest absolute Gasteiger partial charge is 0.242 e. The van der Waals surface area contributed by atoms with Crippen LogP contribution in [0.1, 0.15) is 24.2 Å². The van der Waals surface area contributed by atoms with Crippen molar-refractivity contribution >= 4 is 23.1 Å². The molecular formula is C15H18N2O2. The first-order chi connectivity index (χ1) is 9.21. The number of rotatable bonds is 5. The van der Waals surface area contributed by atoms with Gasteiger partial charge in [-0.25, -0.2) is 0 Å². The first-order valence-electron chi connectivity index (χ1n) is 6.52. The van der Waals surface area contributed by atoms with E-state index in [1.54, 1.807) is 11.0 Å². The number of likely N-dealkylation sites (N-methyl/N-ethyl adjacent to an activating group) is 1. The summed E-state index contributed by atoms with van der Waals surface area (Å²) in [5.41, 5.74) is 1.45. The summed E-state index contributed by atoms with van der Waals surface area (Å²) in [4.78, 5) is 25.0. The van der Waals surface area contributed by atoms with Crippen molar-refractivity contribution in [2.45, 2.75) is 20.4 Å². The molecule has 0 atom stereocenters. The molecule has 1 heterocycles. The van der Waals surface area contributed by atoms with E-state index in [0.717, 1.165) is 17.2 Å². The first-order valence-corrected chi connectivity index (χ1v) is 6.52. The first kappa shape index (κ1) is 13.3. The average Bonchev–Trinajstić information content (AvgIpc) is 2.83. The third-order valence-corrected chi connectivity index (χ3v) is 3.37. The Labute approximate surface area is 112 Å². The number of fused-ring (bicyclic) bond motifs is 1. The molecule has 4 heteroatoms. The fourth-order valence-corrected chi connectivity index (χ4v) is 2.34. The van der Waals surface area contributed by atoms with Crippen molar-refractivity contribution in [1.29, 1.82) is 0 Å². The zero-order chi connectivity index (χ0) is 13.8. The predicted molar refractivity (Wildman–Crippen MR) is 75.3 cm³/mol. The third kappa shape index (κ3) is 2.52. The van der Waals surface area contributed by atoms with Crippen LogP contribution in [0.3, 0.4) is 0 Å². The normalized spacial score (nSPS) is 10.6. The molecule has 0 spiro atoms. The summed E-state index contributed by atoms with van der Waals surface area (Å²) in [5.74, 6) is 0.0724. The van der Waals surface area contributed by atoms with Crippen LogP contribution >= 0.6 is 0 Å². The van der Waals surface area contributed by atoms with Crippen molar-refractivity contribution in [2.75, 3.05) is 13.1 Å². The molecular weight excluding hydrogens is 240 g/mol. The second-order valence-electron chi connectivity index (χ2n) is 4.41. The number of amides is 1. The molecule has 1 aromatic heterocycles. The van der Waals surface area contributed by atoms with Crippen LogP contribution in [0.5, 0.6) is 0 Å². The van der Waals surface area contributed by atoms with Crippen LogP contribution in [0.15, 0.2) is 30.5 Å². The molecule has 4 nitrogen and oxygen atoms in total. The molecule has 0 saturated carbocycles. The fourth-order valence-electron chi connectivity index (χ4n) is 2.34. The third-order valence-electron chi connectivity index (χ3n) is 3.37. The second kappa shape index (κ2) is 5.69. The minimum Gasteiger partial charge on any atom is -0.342 e. The van der Waals surface area contributed by atoms with Gasteiger partial charge < -0.3 is 9.47 Å². The van der Waals surface area contributed by atoms with Crippen molar-refractivity contribution in [3.63, 3.8) is 0 Å². The maximum Gasteiger partial charge on any atom is 0.242 e. The molecule has 100 valence electrons. The summed E-state index contributed by atoms with van der Waals surface area (Å²) in [6.45, 7) is 5.61. The quantitative estimate of drug-likeness (QED) is 0.772. The van der Waals surface area contributed by atoms with Crippen LogP contribution in [0.4, 0.5) is 0 Å². The summed E-state index contributed by atoms with van der Waals surface area (Å²) < 4.78 is 1.85. The highest BCUT2D eigenvalue weighted by molar-refractivity contribution is 5.97. The number of carbonyl (C=O) groups excluding carboxylic acids is 2. The molecule has 1 amide bonds. The highest BCUT2D eigenvalue weighted by Crippen LogP contribution is 2.19. The van der Waals surface area contributed by atoms with E-state index < -0.39 is 0 Å². The number of aromatic nitrogens is 1. The average molecular weight is 258 g/mol. The minimum absolute atomic E-state index is 0.0724. The van der Waals surface area contributed by atoms with Gasteiger partial charge in [0.05, 0.1) is 5.52 Å². The molecule has 0 radical (unpaired) electrons. The lowest BCUT2D eigenvalue weighted by molar-refractivity contribution is -0.131. The van der Waals surface area contributed by atoms with Crippen LogP contribution in [0.25, 0.3) is 10.9 Å². The lowest BCUT2D eigenvalue weighted by atomic mass is 10.1. The van der Waals surface area contributed by atoms with Crippen LogP contribution in [0.2, 0.25) is 0 Å². The Balaban J connectivity index is 2.36. The zero-order valence-corrected chi connectivity index (χ0v) is 11.3. The maximum absolute atomic E-state index is 12.1. The molecule has 19 heavy (non-hydrogen) atoms. The Morgan fingerprint density at radius 1 is 1.26 bits per heavy atom. The van der Waals surface area contributed by atoms with Gasteiger partial charge in [0, 0.05) is 30.2 Å². The van der Waals surface area contributed by atoms with E-state index in [4.69, 9.17) is 0 Å². The molecule has 2 aromatic rings. The topological polar surface area (TPSA) is 42.3 Å². The van der Waals surface area contributed by atoms with Crippen molar-refractivity contribution in [3.8, 4) is 0 Å². The monoisotopic (exact) mass is 258 g/mol. The Morgan fingerprint density at radius 3 is 2.63 bits per heavy atom. The van der Waals surface area contributed by atoms with Gasteiger partial charge in [0.1, 0.15) is 6.54 Å². The van der Waals surface area contributed by atoms with Gasteiger partial charge in [-0.15, -0.1) is 0 Å².